The van der Waals surface area contributed by atoms with Gasteiger partial charge in [0.25, 0.3) is 0 Å². The standard InChI is InChI=1S/C29H33BrClN3O4S/c1-4-16-32-29(36)27(18-22-8-6-5-7-9-22)33(19-23-10-12-24(31)13-11-23)28(35)20-34(39(3,37)38)25-14-15-26(30)21(2)17-25/h5-15,17,27H,4,16,18-20H2,1-3H3,(H,32,36). The predicted molar refractivity (Wildman–Crippen MR) is 160 cm³/mol. The zero-order chi connectivity index (χ0) is 28.6. The van der Waals surface area contributed by atoms with Crippen LogP contribution in [0.2, 0.25) is 5.02 Å². The zero-order valence-corrected chi connectivity index (χ0v) is 25.4. The van der Waals surface area contributed by atoms with Gasteiger partial charge in [0.15, 0.2) is 0 Å². The molecule has 0 fully saturated rings. The molecule has 1 unspecified atom stereocenters. The molecule has 39 heavy (non-hydrogen) atoms. The van der Waals surface area contributed by atoms with E-state index in [9.17, 15) is 18.0 Å². The van der Waals surface area contributed by atoms with Crippen LogP contribution in [0, 0.1) is 6.92 Å². The van der Waals surface area contributed by atoms with Crippen LogP contribution >= 0.6 is 27.5 Å². The van der Waals surface area contributed by atoms with Gasteiger partial charge in [-0.15, -0.1) is 0 Å². The second-order valence-electron chi connectivity index (χ2n) is 9.35. The first kappa shape index (κ1) is 30.7. The fourth-order valence-electron chi connectivity index (χ4n) is 4.10. The summed E-state index contributed by atoms with van der Waals surface area (Å²) in [6, 6.07) is 20.7. The van der Waals surface area contributed by atoms with E-state index in [-0.39, 0.29) is 18.9 Å². The summed E-state index contributed by atoms with van der Waals surface area (Å²) in [5.41, 5.74) is 2.84. The van der Waals surface area contributed by atoms with Crippen LogP contribution < -0.4 is 9.62 Å². The molecule has 3 rings (SSSR count). The lowest BCUT2D eigenvalue weighted by atomic mass is 10.0. The van der Waals surface area contributed by atoms with Gasteiger partial charge in [-0.25, -0.2) is 8.42 Å². The number of carbonyl (C=O) groups excluding carboxylic acids is 2. The number of benzene rings is 3. The van der Waals surface area contributed by atoms with Gasteiger partial charge in [-0.2, -0.15) is 0 Å². The van der Waals surface area contributed by atoms with Crippen molar-refractivity contribution >= 4 is 55.1 Å². The number of sulfonamides is 1. The highest BCUT2D eigenvalue weighted by Crippen LogP contribution is 2.25. The predicted octanol–water partition coefficient (Wildman–Crippen LogP) is 5.34. The van der Waals surface area contributed by atoms with Crippen LogP contribution in [-0.4, -0.2) is 50.5 Å². The average Bonchev–Trinajstić information content (AvgIpc) is 2.90. The number of hydrogen-bond donors (Lipinski definition) is 1. The molecule has 0 saturated carbocycles. The van der Waals surface area contributed by atoms with Crippen LogP contribution in [0.3, 0.4) is 0 Å². The summed E-state index contributed by atoms with van der Waals surface area (Å²) in [7, 11) is -3.82. The van der Waals surface area contributed by atoms with Crippen LogP contribution in [0.25, 0.3) is 0 Å². The monoisotopic (exact) mass is 633 g/mol. The minimum Gasteiger partial charge on any atom is -0.354 e. The Morgan fingerprint density at radius 3 is 2.26 bits per heavy atom. The Morgan fingerprint density at radius 2 is 1.67 bits per heavy atom. The van der Waals surface area contributed by atoms with E-state index in [1.807, 2.05) is 44.2 Å². The Hall–Kier alpha value is -2.88. The number of halogens is 2. The van der Waals surface area contributed by atoms with Crippen molar-refractivity contribution in [3.05, 3.63) is 99.0 Å². The Kier molecular flexibility index (Phi) is 11.0. The summed E-state index contributed by atoms with van der Waals surface area (Å²) in [5.74, 6) is -0.795. The fraction of sp³-hybridized carbons (Fsp3) is 0.310. The number of nitrogens with zero attached hydrogens (tertiary/aromatic N) is 2. The molecule has 0 heterocycles. The molecule has 3 aromatic rings. The van der Waals surface area contributed by atoms with E-state index in [0.717, 1.165) is 38.1 Å². The summed E-state index contributed by atoms with van der Waals surface area (Å²) < 4.78 is 27.6. The van der Waals surface area contributed by atoms with Crippen molar-refractivity contribution in [2.45, 2.75) is 39.3 Å². The maximum atomic E-state index is 14.0. The van der Waals surface area contributed by atoms with Crippen molar-refractivity contribution in [1.82, 2.24) is 10.2 Å². The van der Waals surface area contributed by atoms with Crippen molar-refractivity contribution in [2.75, 3.05) is 23.7 Å². The summed E-state index contributed by atoms with van der Waals surface area (Å²) >= 11 is 9.51. The maximum Gasteiger partial charge on any atom is 0.244 e. The summed E-state index contributed by atoms with van der Waals surface area (Å²) in [4.78, 5) is 28.9. The molecule has 2 amide bonds. The molecule has 0 aliphatic heterocycles. The van der Waals surface area contributed by atoms with Crippen molar-refractivity contribution in [3.63, 3.8) is 0 Å². The highest BCUT2D eigenvalue weighted by molar-refractivity contribution is 9.10. The highest BCUT2D eigenvalue weighted by atomic mass is 79.9. The van der Waals surface area contributed by atoms with Gasteiger partial charge in [0.1, 0.15) is 12.6 Å². The molecule has 0 aromatic heterocycles. The Bertz CT molecular complexity index is 1390. The first-order valence-corrected chi connectivity index (χ1v) is 15.6. The second kappa shape index (κ2) is 14.0. The first-order valence-electron chi connectivity index (χ1n) is 12.6. The lowest BCUT2D eigenvalue weighted by Gasteiger charge is -2.33. The molecular formula is C29H33BrClN3O4S. The van der Waals surface area contributed by atoms with Gasteiger partial charge in [0, 0.05) is 29.0 Å². The van der Waals surface area contributed by atoms with Gasteiger partial charge in [-0.1, -0.05) is 76.9 Å². The van der Waals surface area contributed by atoms with E-state index in [0.29, 0.717) is 17.3 Å². The average molecular weight is 635 g/mol. The van der Waals surface area contributed by atoms with Crippen molar-refractivity contribution in [1.29, 1.82) is 0 Å². The van der Waals surface area contributed by atoms with Crippen molar-refractivity contribution in [3.8, 4) is 0 Å². The van der Waals surface area contributed by atoms with Crippen LogP contribution in [-0.2, 0) is 32.6 Å². The molecule has 208 valence electrons. The van der Waals surface area contributed by atoms with Gasteiger partial charge in [0.2, 0.25) is 21.8 Å². The van der Waals surface area contributed by atoms with E-state index >= 15 is 0 Å². The summed E-state index contributed by atoms with van der Waals surface area (Å²) in [6.45, 7) is 3.90. The molecule has 0 bridgehead atoms. The van der Waals surface area contributed by atoms with Gasteiger partial charge in [0.05, 0.1) is 11.9 Å². The largest absolute Gasteiger partial charge is 0.354 e. The van der Waals surface area contributed by atoms with Gasteiger partial charge in [-0.05, 0) is 60.4 Å². The number of anilines is 1. The van der Waals surface area contributed by atoms with E-state index < -0.39 is 28.5 Å². The molecule has 0 saturated heterocycles. The fourth-order valence-corrected chi connectivity index (χ4v) is 5.32. The second-order valence-corrected chi connectivity index (χ2v) is 12.5. The molecule has 1 atom stereocenters. The van der Waals surface area contributed by atoms with Gasteiger partial charge < -0.3 is 10.2 Å². The molecule has 0 aliphatic rings. The SMILES string of the molecule is CCCNC(=O)C(Cc1ccccc1)N(Cc1ccc(Cl)cc1)C(=O)CN(c1ccc(Br)c(C)c1)S(C)(=O)=O. The van der Waals surface area contributed by atoms with Gasteiger partial charge in [-0.3, -0.25) is 13.9 Å². The third-order valence-corrected chi connectivity index (χ3v) is 8.48. The minimum absolute atomic E-state index is 0.101. The Labute approximate surface area is 244 Å². The molecular weight excluding hydrogens is 602 g/mol. The molecule has 7 nitrogen and oxygen atoms in total. The summed E-state index contributed by atoms with van der Waals surface area (Å²) in [5, 5.41) is 3.47. The first-order chi connectivity index (χ1) is 18.5. The van der Waals surface area contributed by atoms with Crippen LogP contribution in [0.1, 0.15) is 30.0 Å². The van der Waals surface area contributed by atoms with E-state index in [4.69, 9.17) is 11.6 Å². The quantitative estimate of drug-likeness (QED) is 0.291. The summed E-state index contributed by atoms with van der Waals surface area (Å²) in [6.07, 6.45) is 2.07. The van der Waals surface area contributed by atoms with Gasteiger partial charge >= 0.3 is 0 Å². The van der Waals surface area contributed by atoms with E-state index in [2.05, 4.69) is 21.2 Å². The lowest BCUT2D eigenvalue weighted by Crippen LogP contribution is -2.53. The van der Waals surface area contributed by atoms with Crippen molar-refractivity contribution in [2.24, 2.45) is 0 Å². The number of aryl methyl sites for hydroxylation is 1. The molecule has 10 heteroatoms. The van der Waals surface area contributed by atoms with E-state index in [1.165, 1.54) is 4.90 Å². The minimum atomic E-state index is -3.82. The van der Waals surface area contributed by atoms with Crippen molar-refractivity contribution < 1.29 is 18.0 Å². The Morgan fingerprint density at radius 1 is 1.00 bits per heavy atom. The number of carbonyl (C=O) groups is 2. The van der Waals surface area contributed by atoms with Crippen LogP contribution in [0.5, 0.6) is 0 Å². The number of rotatable bonds is 12. The van der Waals surface area contributed by atoms with Crippen LogP contribution in [0.4, 0.5) is 5.69 Å². The van der Waals surface area contributed by atoms with Crippen LogP contribution in [0.15, 0.2) is 77.3 Å². The third-order valence-electron chi connectivity index (χ3n) is 6.20. The molecule has 1 N–H and O–H groups in total. The molecule has 0 spiro atoms. The Balaban J connectivity index is 2.04. The maximum absolute atomic E-state index is 14.0. The number of hydrogen-bond acceptors (Lipinski definition) is 4. The number of nitrogens with one attached hydrogen (secondary N) is 1. The topological polar surface area (TPSA) is 86.8 Å². The normalized spacial score (nSPS) is 12.0. The smallest absolute Gasteiger partial charge is 0.244 e. The third kappa shape index (κ3) is 8.81. The zero-order valence-electron chi connectivity index (χ0n) is 22.2. The lowest BCUT2D eigenvalue weighted by molar-refractivity contribution is -0.140. The number of amides is 2. The molecule has 0 radical (unpaired) electrons. The molecule has 3 aromatic carbocycles. The van der Waals surface area contributed by atoms with E-state index in [1.54, 1.807) is 42.5 Å². The molecule has 0 aliphatic carbocycles. The highest BCUT2D eigenvalue weighted by Gasteiger charge is 2.33.